The van der Waals surface area contributed by atoms with Gasteiger partial charge in [0.15, 0.2) is 0 Å². The molecule has 0 amide bonds. The summed E-state index contributed by atoms with van der Waals surface area (Å²) in [6, 6.07) is 17.7. The van der Waals surface area contributed by atoms with E-state index in [9.17, 15) is 18.4 Å². The summed E-state index contributed by atoms with van der Waals surface area (Å²) in [7, 11) is 0. The molecule has 156 valence electrons. The standard InChI is InChI=1S/C24H17F2NO4/c25-16-8-10-19(11-9-16)30-12-13-31-24(29)22-15-27(18-5-3-4-17(26)14-18)23(28)21-7-2-1-6-20(21)22/h1-11,14-15H,12-13H2. The topological polar surface area (TPSA) is 57.5 Å². The molecule has 1 heterocycles. The first-order valence-electron chi connectivity index (χ1n) is 9.49. The normalized spacial score (nSPS) is 10.8. The number of carbonyl (C=O) groups is 1. The van der Waals surface area contributed by atoms with Crippen molar-refractivity contribution < 1.29 is 23.0 Å². The van der Waals surface area contributed by atoms with Crippen molar-refractivity contribution in [3.63, 3.8) is 0 Å². The molecule has 0 saturated carbocycles. The molecular formula is C24H17F2NO4. The first-order valence-corrected chi connectivity index (χ1v) is 9.49. The maximum atomic E-state index is 13.7. The van der Waals surface area contributed by atoms with Crippen LogP contribution in [0.25, 0.3) is 16.5 Å². The van der Waals surface area contributed by atoms with Crippen LogP contribution in [0.1, 0.15) is 10.4 Å². The Morgan fingerprint density at radius 3 is 2.32 bits per heavy atom. The Labute approximate surface area is 176 Å². The maximum Gasteiger partial charge on any atom is 0.340 e. The third-order valence-corrected chi connectivity index (χ3v) is 4.63. The van der Waals surface area contributed by atoms with Gasteiger partial charge in [0.1, 0.15) is 30.6 Å². The van der Waals surface area contributed by atoms with E-state index in [0.717, 1.165) is 0 Å². The summed E-state index contributed by atoms with van der Waals surface area (Å²) in [5, 5.41) is 0.744. The van der Waals surface area contributed by atoms with E-state index >= 15 is 0 Å². The van der Waals surface area contributed by atoms with E-state index in [2.05, 4.69) is 0 Å². The highest BCUT2D eigenvalue weighted by molar-refractivity contribution is 6.04. The molecule has 0 atom stereocenters. The molecule has 0 N–H and O–H groups in total. The maximum absolute atomic E-state index is 13.7. The number of benzene rings is 3. The monoisotopic (exact) mass is 421 g/mol. The van der Waals surface area contributed by atoms with Crippen LogP contribution >= 0.6 is 0 Å². The predicted octanol–water partition coefficient (Wildman–Crippen LogP) is 4.50. The highest BCUT2D eigenvalue weighted by Gasteiger charge is 2.17. The average Bonchev–Trinajstić information content (AvgIpc) is 2.78. The van der Waals surface area contributed by atoms with Crippen LogP contribution in [0.4, 0.5) is 8.78 Å². The Balaban J connectivity index is 1.58. The van der Waals surface area contributed by atoms with Gasteiger partial charge in [0.05, 0.1) is 11.3 Å². The summed E-state index contributed by atoms with van der Waals surface area (Å²) in [5.41, 5.74) is 0.0862. The number of nitrogens with zero attached hydrogens (tertiary/aromatic N) is 1. The second-order valence-corrected chi connectivity index (χ2v) is 6.68. The fourth-order valence-electron chi connectivity index (χ4n) is 3.17. The van der Waals surface area contributed by atoms with Gasteiger partial charge >= 0.3 is 5.97 Å². The number of carbonyl (C=O) groups excluding carboxylic acids is 1. The van der Waals surface area contributed by atoms with Gasteiger partial charge in [0.2, 0.25) is 0 Å². The van der Waals surface area contributed by atoms with E-state index in [-0.39, 0.29) is 30.2 Å². The fourth-order valence-corrected chi connectivity index (χ4v) is 3.17. The van der Waals surface area contributed by atoms with E-state index < -0.39 is 11.8 Å². The molecule has 3 aromatic carbocycles. The molecule has 5 nitrogen and oxygen atoms in total. The smallest absolute Gasteiger partial charge is 0.340 e. The SMILES string of the molecule is O=C(OCCOc1ccc(F)cc1)c1cn(-c2cccc(F)c2)c(=O)c2ccccc12. The van der Waals surface area contributed by atoms with Crippen LogP contribution in [-0.4, -0.2) is 23.8 Å². The van der Waals surface area contributed by atoms with Gasteiger partial charge in [0, 0.05) is 17.0 Å². The number of esters is 1. The summed E-state index contributed by atoms with van der Waals surface area (Å²) in [5.74, 6) is -1.08. The average molecular weight is 421 g/mol. The van der Waals surface area contributed by atoms with Crippen LogP contribution in [0.5, 0.6) is 5.75 Å². The summed E-state index contributed by atoms with van der Waals surface area (Å²) in [4.78, 5) is 25.7. The van der Waals surface area contributed by atoms with E-state index in [1.54, 1.807) is 30.3 Å². The summed E-state index contributed by atoms with van der Waals surface area (Å²) >= 11 is 0. The van der Waals surface area contributed by atoms with E-state index in [1.807, 2.05) is 0 Å². The molecule has 7 heteroatoms. The van der Waals surface area contributed by atoms with Gasteiger partial charge in [-0.15, -0.1) is 0 Å². The predicted molar refractivity (Wildman–Crippen MR) is 112 cm³/mol. The van der Waals surface area contributed by atoms with Crippen LogP contribution < -0.4 is 10.3 Å². The quantitative estimate of drug-likeness (QED) is 0.340. The fraction of sp³-hybridized carbons (Fsp3) is 0.0833. The van der Waals surface area contributed by atoms with Crippen molar-refractivity contribution in [2.24, 2.45) is 0 Å². The molecule has 0 unspecified atom stereocenters. The Bertz CT molecular complexity index is 1300. The lowest BCUT2D eigenvalue weighted by molar-refractivity contribution is 0.0452. The molecule has 0 spiro atoms. The molecule has 0 aliphatic heterocycles. The van der Waals surface area contributed by atoms with Crippen molar-refractivity contribution in [2.45, 2.75) is 0 Å². The first-order chi connectivity index (χ1) is 15.0. The minimum absolute atomic E-state index is 0.0520. The molecule has 0 aliphatic rings. The number of halogens is 2. The van der Waals surface area contributed by atoms with Crippen molar-refractivity contribution in [1.29, 1.82) is 0 Å². The Hall–Kier alpha value is -4.00. The van der Waals surface area contributed by atoms with Crippen molar-refractivity contribution in [3.8, 4) is 11.4 Å². The summed E-state index contributed by atoms with van der Waals surface area (Å²) < 4.78 is 38.6. The van der Waals surface area contributed by atoms with Crippen molar-refractivity contribution in [1.82, 2.24) is 4.57 Å². The highest BCUT2D eigenvalue weighted by Crippen LogP contribution is 2.19. The van der Waals surface area contributed by atoms with Gasteiger partial charge in [0.25, 0.3) is 5.56 Å². The van der Waals surface area contributed by atoms with Gasteiger partial charge in [-0.25, -0.2) is 13.6 Å². The molecule has 1 aromatic heterocycles. The van der Waals surface area contributed by atoms with Gasteiger partial charge in [-0.05, 0) is 48.5 Å². The van der Waals surface area contributed by atoms with Crippen LogP contribution in [0.3, 0.4) is 0 Å². The molecular weight excluding hydrogens is 404 g/mol. The lowest BCUT2D eigenvalue weighted by Crippen LogP contribution is -2.22. The zero-order chi connectivity index (χ0) is 21.8. The summed E-state index contributed by atoms with van der Waals surface area (Å²) in [6.07, 6.45) is 1.35. The minimum atomic E-state index is -0.649. The van der Waals surface area contributed by atoms with Gasteiger partial charge < -0.3 is 9.47 Å². The third kappa shape index (κ3) is 4.45. The highest BCUT2D eigenvalue weighted by atomic mass is 19.1. The number of rotatable bonds is 6. The number of fused-ring (bicyclic) bond motifs is 1. The molecule has 0 fully saturated rings. The van der Waals surface area contributed by atoms with Gasteiger partial charge in [-0.2, -0.15) is 0 Å². The molecule has 31 heavy (non-hydrogen) atoms. The summed E-state index contributed by atoms with van der Waals surface area (Å²) in [6.45, 7) is 0.0163. The minimum Gasteiger partial charge on any atom is -0.490 e. The number of ether oxygens (including phenoxy) is 2. The van der Waals surface area contributed by atoms with Crippen LogP contribution in [0, 0.1) is 11.6 Å². The van der Waals surface area contributed by atoms with Crippen LogP contribution in [0.15, 0.2) is 83.8 Å². The third-order valence-electron chi connectivity index (χ3n) is 4.63. The van der Waals surface area contributed by atoms with E-state index in [0.29, 0.717) is 22.2 Å². The molecule has 4 aromatic rings. The molecule has 0 radical (unpaired) electrons. The Kier molecular flexibility index (Phi) is 5.75. The largest absolute Gasteiger partial charge is 0.490 e. The van der Waals surface area contributed by atoms with Gasteiger partial charge in [-0.1, -0.05) is 24.3 Å². The van der Waals surface area contributed by atoms with Crippen molar-refractivity contribution >= 4 is 16.7 Å². The van der Waals surface area contributed by atoms with Crippen molar-refractivity contribution in [2.75, 3.05) is 13.2 Å². The molecule has 0 saturated heterocycles. The zero-order valence-corrected chi connectivity index (χ0v) is 16.3. The van der Waals surface area contributed by atoms with Crippen LogP contribution in [0.2, 0.25) is 0 Å². The first kappa shape index (κ1) is 20.3. The van der Waals surface area contributed by atoms with E-state index in [4.69, 9.17) is 9.47 Å². The van der Waals surface area contributed by atoms with Crippen LogP contribution in [-0.2, 0) is 4.74 Å². The van der Waals surface area contributed by atoms with Gasteiger partial charge in [-0.3, -0.25) is 9.36 Å². The second-order valence-electron chi connectivity index (χ2n) is 6.68. The number of hydrogen-bond donors (Lipinski definition) is 0. The lowest BCUT2D eigenvalue weighted by atomic mass is 10.1. The lowest BCUT2D eigenvalue weighted by Gasteiger charge is -2.13. The number of pyridine rings is 1. The second kappa shape index (κ2) is 8.79. The zero-order valence-electron chi connectivity index (χ0n) is 16.3. The Morgan fingerprint density at radius 1 is 0.839 bits per heavy atom. The number of hydrogen-bond acceptors (Lipinski definition) is 4. The van der Waals surface area contributed by atoms with Crippen molar-refractivity contribution in [3.05, 3.63) is 107 Å². The van der Waals surface area contributed by atoms with E-state index in [1.165, 1.54) is 53.2 Å². The number of aromatic nitrogens is 1. The molecule has 0 aliphatic carbocycles. The molecule has 4 rings (SSSR count). The molecule has 0 bridgehead atoms. The Morgan fingerprint density at radius 2 is 1.58 bits per heavy atom.